The van der Waals surface area contributed by atoms with Crippen molar-refractivity contribution in [3.63, 3.8) is 0 Å². The summed E-state index contributed by atoms with van der Waals surface area (Å²) >= 11 is 1.61. The first-order valence-electron chi connectivity index (χ1n) is 5.28. The second-order valence-electron chi connectivity index (χ2n) is 3.90. The van der Waals surface area contributed by atoms with Crippen molar-refractivity contribution in [1.29, 1.82) is 0 Å². The lowest BCUT2D eigenvalue weighted by Crippen LogP contribution is -2.25. The summed E-state index contributed by atoms with van der Waals surface area (Å²) in [6, 6.07) is 0.430. The van der Waals surface area contributed by atoms with Crippen LogP contribution in [-0.4, -0.2) is 31.2 Å². The Bertz CT molecular complexity index is 350. The molecule has 0 aromatic carbocycles. The molecule has 0 N–H and O–H groups in total. The van der Waals surface area contributed by atoms with E-state index in [1.54, 1.807) is 11.3 Å². The van der Waals surface area contributed by atoms with Gasteiger partial charge in [-0.3, -0.25) is 4.79 Å². The molecule has 0 fully saturated rings. The second-order valence-corrected chi connectivity index (χ2v) is 4.74. The molecule has 0 radical (unpaired) electrons. The molecule has 0 aliphatic carbocycles. The highest BCUT2D eigenvalue weighted by Crippen LogP contribution is 2.21. The summed E-state index contributed by atoms with van der Waals surface area (Å²) in [5, 5.41) is 2.99. The first-order valence-corrected chi connectivity index (χ1v) is 6.16. The highest BCUT2D eigenvalue weighted by molar-refractivity contribution is 7.13. The minimum absolute atomic E-state index is 0.188. The number of aryl methyl sites for hydroxylation is 1. The molecule has 0 aliphatic rings. The summed E-state index contributed by atoms with van der Waals surface area (Å²) < 4.78 is 4.59. The minimum Gasteiger partial charge on any atom is -0.469 e. The van der Waals surface area contributed by atoms with Crippen LogP contribution in [0.5, 0.6) is 0 Å². The summed E-state index contributed by atoms with van der Waals surface area (Å²) in [5.74, 6) is -0.188. The molecule has 16 heavy (non-hydrogen) atoms. The van der Waals surface area contributed by atoms with Gasteiger partial charge in [-0.2, -0.15) is 0 Å². The molecule has 0 unspecified atom stereocenters. The molecule has 90 valence electrons. The summed E-state index contributed by atoms with van der Waals surface area (Å²) in [6.07, 6.45) is 1.04. The monoisotopic (exact) mass is 242 g/mol. The average molecular weight is 242 g/mol. The third kappa shape index (κ3) is 3.48. The van der Waals surface area contributed by atoms with Crippen LogP contribution in [0.25, 0.3) is 0 Å². The molecular weight excluding hydrogens is 224 g/mol. The Morgan fingerprint density at radius 3 is 2.88 bits per heavy atom. The number of anilines is 1. The van der Waals surface area contributed by atoms with Gasteiger partial charge in [0.2, 0.25) is 0 Å². The predicted octanol–water partition coefficient (Wildman–Crippen LogP) is 2.09. The van der Waals surface area contributed by atoms with Crippen LogP contribution in [0.3, 0.4) is 0 Å². The number of thiazole rings is 1. The molecule has 0 saturated heterocycles. The Kier molecular flexibility index (Phi) is 4.73. The number of nitrogens with zero attached hydrogens (tertiary/aromatic N) is 2. The van der Waals surface area contributed by atoms with Gasteiger partial charge in [-0.1, -0.05) is 0 Å². The lowest BCUT2D eigenvalue weighted by molar-refractivity contribution is -0.140. The number of carbonyl (C=O) groups is 1. The van der Waals surface area contributed by atoms with Crippen molar-refractivity contribution in [1.82, 2.24) is 4.98 Å². The second kappa shape index (κ2) is 5.84. The van der Waals surface area contributed by atoms with Gasteiger partial charge in [0.25, 0.3) is 0 Å². The van der Waals surface area contributed by atoms with Gasteiger partial charge < -0.3 is 9.64 Å². The van der Waals surface area contributed by atoms with E-state index in [9.17, 15) is 4.79 Å². The normalized spacial score (nSPS) is 10.6. The van der Waals surface area contributed by atoms with E-state index in [0.29, 0.717) is 18.9 Å². The number of esters is 1. The first kappa shape index (κ1) is 13.0. The fourth-order valence-corrected chi connectivity index (χ4v) is 2.09. The fourth-order valence-electron chi connectivity index (χ4n) is 1.13. The Morgan fingerprint density at radius 2 is 2.31 bits per heavy atom. The third-order valence-electron chi connectivity index (χ3n) is 2.43. The van der Waals surface area contributed by atoms with E-state index in [1.807, 2.05) is 12.4 Å². The fraction of sp³-hybridized carbons (Fsp3) is 0.636. The van der Waals surface area contributed by atoms with Gasteiger partial charge in [0.05, 0.1) is 19.2 Å². The van der Waals surface area contributed by atoms with Crippen LogP contribution in [0, 0.1) is 0 Å². The molecule has 1 rings (SSSR count). The van der Waals surface area contributed by atoms with Crippen molar-refractivity contribution in [2.24, 2.45) is 0 Å². The SMILES string of the molecule is COC(=O)CCc1csc(N(C)C(C)C)n1. The average Bonchev–Trinajstić information content (AvgIpc) is 2.73. The maximum atomic E-state index is 11.0. The quantitative estimate of drug-likeness (QED) is 0.742. The summed E-state index contributed by atoms with van der Waals surface area (Å²) in [6.45, 7) is 4.24. The first-order chi connectivity index (χ1) is 7.54. The number of carbonyl (C=O) groups excluding carboxylic acids is 1. The standard InChI is InChI=1S/C11H18N2O2S/c1-8(2)13(3)11-12-9(7-16-11)5-6-10(14)15-4/h7-8H,5-6H2,1-4H3. The number of methoxy groups -OCH3 is 1. The van der Waals surface area contributed by atoms with Crippen LogP contribution in [0.15, 0.2) is 5.38 Å². The zero-order chi connectivity index (χ0) is 12.1. The smallest absolute Gasteiger partial charge is 0.305 e. The van der Waals surface area contributed by atoms with Gasteiger partial charge in [0, 0.05) is 24.9 Å². The molecule has 0 amide bonds. The highest BCUT2D eigenvalue weighted by atomic mass is 32.1. The van der Waals surface area contributed by atoms with E-state index in [-0.39, 0.29) is 5.97 Å². The number of hydrogen-bond acceptors (Lipinski definition) is 5. The lowest BCUT2D eigenvalue weighted by atomic mass is 10.2. The Labute approximate surface area is 100 Å². The van der Waals surface area contributed by atoms with Gasteiger partial charge in [-0.05, 0) is 13.8 Å². The van der Waals surface area contributed by atoms with Crippen molar-refractivity contribution < 1.29 is 9.53 Å². The van der Waals surface area contributed by atoms with Gasteiger partial charge in [-0.25, -0.2) is 4.98 Å². The van der Waals surface area contributed by atoms with E-state index < -0.39 is 0 Å². The third-order valence-corrected chi connectivity index (χ3v) is 3.41. The Balaban J connectivity index is 2.55. The van der Waals surface area contributed by atoms with Crippen molar-refractivity contribution >= 4 is 22.4 Å². The maximum Gasteiger partial charge on any atom is 0.305 e. The van der Waals surface area contributed by atoms with Gasteiger partial charge in [0.15, 0.2) is 5.13 Å². The number of aromatic nitrogens is 1. The molecule has 0 aliphatic heterocycles. The number of hydrogen-bond donors (Lipinski definition) is 0. The van der Waals surface area contributed by atoms with Crippen molar-refractivity contribution in [3.8, 4) is 0 Å². The van der Waals surface area contributed by atoms with Gasteiger partial charge in [0.1, 0.15) is 0 Å². The molecule has 1 heterocycles. The highest BCUT2D eigenvalue weighted by Gasteiger charge is 2.10. The zero-order valence-electron chi connectivity index (χ0n) is 10.2. The molecular formula is C11H18N2O2S. The molecule has 0 bridgehead atoms. The number of ether oxygens (including phenoxy) is 1. The van der Waals surface area contributed by atoms with E-state index in [0.717, 1.165) is 10.8 Å². The van der Waals surface area contributed by atoms with E-state index in [1.165, 1.54) is 7.11 Å². The van der Waals surface area contributed by atoms with E-state index in [2.05, 4.69) is 28.5 Å². The van der Waals surface area contributed by atoms with E-state index >= 15 is 0 Å². The van der Waals surface area contributed by atoms with Crippen LogP contribution in [0.1, 0.15) is 26.0 Å². The van der Waals surface area contributed by atoms with E-state index in [4.69, 9.17) is 0 Å². The lowest BCUT2D eigenvalue weighted by Gasteiger charge is -2.19. The minimum atomic E-state index is -0.188. The zero-order valence-corrected chi connectivity index (χ0v) is 11.0. The topological polar surface area (TPSA) is 42.4 Å². The molecule has 5 heteroatoms. The van der Waals surface area contributed by atoms with Gasteiger partial charge in [-0.15, -0.1) is 11.3 Å². The Hall–Kier alpha value is -1.10. The van der Waals surface area contributed by atoms with Crippen molar-refractivity contribution in [2.75, 3.05) is 19.1 Å². The predicted molar refractivity (Wildman–Crippen MR) is 66.0 cm³/mol. The van der Waals surface area contributed by atoms with Crippen molar-refractivity contribution in [2.45, 2.75) is 32.7 Å². The summed E-state index contributed by atoms with van der Waals surface area (Å²) in [4.78, 5) is 17.6. The summed E-state index contributed by atoms with van der Waals surface area (Å²) in [5.41, 5.74) is 0.956. The van der Waals surface area contributed by atoms with Crippen LogP contribution < -0.4 is 4.90 Å². The van der Waals surface area contributed by atoms with Crippen molar-refractivity contribution in [3.05, 3.63) is 11.1 Å². The van der Waals surface area contributed by atoms with Crippen LogP contribution >= 0.6 is 11.3 Å². The number of rotatable bonds is 5. The summed E-state index contributed by atoms with van der Waals surface area (Å²) in [7, 11) is 3.43. The largest absolute Gasteiger partial charge is 0.469 e. The molecule has 4 nitrogen and oxygen atoms in total. The molecule has 1 aromatic rings. The molecule has 0 atom stereocenters. The maximum absolute atomic E-state index is 11.0. The van der Waals surface area contributed by atoms with Crippen LogP contribution in [-0.2, 0) is 16.0 Å². The molecule has 1 aromatic heterocycles. The molecule has 0 saturated carbocycles. The van der Waals surface area contributed by atoms with Gasteiger partial charge >= 0.3 is 5.97 Å². The molecule has 0 spiro atoms. The Morgan fingerprint density at radius 1 is 1.62 bits per heavy atom. The van der Waals surface area contributed by atoms with Crippen LogP contribution in [0.4, 0.5) is 5.13 Å². The van der Waals surface area contributed by atoms with Crippen LogP contribution in [0.2, 0.25) is 0 Å².